The fraction of sp³-hybridized carbons (Fsp3) is 0.435. The molecule has 2 atom stereocenters. The van der Waals surface area contributed by atoms with E-state index in [-0.39, 0.29) is 17.3 Å². The van der Waals surface area contributed by atoms with Gasteiger partial charge < -0.3 is 10.6 Å². The van der Waals surface area contributed by atoms with Crippen molar-refractivity contribution in [2.24, 2.45) is 11.8 Å². The van der Waals surface area contributed by atoms with Crippen molar-refractivity contribution in [3.05, 3.63) is 51.7 Å². The second-order valence-corrected chi connectivity index (χ2v) is 11.5. The number of carbonyl (C=O) groups excluding carboxylic acids is 3. The molecule has 5 amide bonds. The highest BCUT2D eigenvalue weighted by molar-refractivity contribution is 7.90. The highest BCUT2D eigenvalue weighted by atomic mass is 32.2. The number of carbonyl (C=O) groups is 3. The first-order valence-electron chi connectivity index (χ1n) is 11.3. The van der Waals surface area contributed by atoms with Crippen molar-refractivity contribution < 1.29 is 22.8 Å². The number of amides is 5. The van der Waals surface area contributed by atoms with Gasteiger partial charge in [0.2, 0.25) is 0 Å². The molecular weight excluding hydrogens is 476 g/mol. The molecule has 4 rings (SSSR count). The van der Waals surface area contributed by atoms with Crippen LogP contribution in [0, 0.1) is 11.8 Å². The fourth-order valence-corrected chi connectivity index (χ4v) is 6.18. The summed E-state index contributed by atoms with van der Waals surface area (Å²) in [5.41, 5.74) is 1.67. The lowest BCUT2D eigenvalue weighted by Gasteiger charge is -2.15. The molecule has 1 aromatic carbocycles. The predicted octanol–water partition coefficient (Wildman–Crippen LogP) is 3.08. The first-order chi connectivity index (χ1) is 16.2. The molecule has 0 spiro atoms. The molecule has 2 unspecified atom stereocenters. The van der Waals surface area contributed by atoms with Crippen LogP contribution in [0.3, 0.4) is 0 Å². The van der Waals surface area contributed by atoms with E-state index in [1.54, 1.807) is 12.1 Å². The van der Waals surface area contributed by atoms with E-state index in [1.807, 2.05) is 11.4 Å². The molecule has 1 saturated carbocycles. The van der Waals surface area contributed by atoms with Gasteiger partial charge in [0.05, 0.1) is 16.3 Å². The van der Waals surface area contributed by atoms with Gasteiger partial charge in [-0.15, -0.1) is 11.3 Å². The van der Waals surface area contributed by atoms with Crippen LogP contribution in [-0.2, 0) is 23.0 Å². The van der Waals surface area contributed by atoms with E-state index in [1.165, 1.54) is 28.4 Å². The third kappa shape index (κ3) is 5.58. The monoisotopic (exact) mass is 504 g/mol. The number of rotatable bonds is 7. The Balaban J connectivity index is 1.22. The van der Waals surface area contributed by atoms with Gasteiger partial charge in [-0.05, 0) is 65.8 Å². The largest absolute Gasteiger partial charge is 0.337 e. The maximum atomic E-state index is 12.5. The first-order valence-corrected chi connectivity index (χ1v) is 13.6. The van der Waals surface area contributed by atoms with Crippen LogP contribution in [-0.4, -0.2) is 44.4 Å². The van der Waals surface area contributed by atoms with Gasteiger partial charge in [0, 0.05) is 13.1 Å². The molecule has 1 aliphatic carbocycles. The van der Waals surface area contributed by atoms with E-state index in [0.717, 1.165) is 30.4 Å². The normalized spacial score (nSPS) is 19.7. The van der Waals surface area contributed by atoms with Gasteiger partial charge in [-0.2, -0.15) is 0 Å². The Bertz CT molecular complexity index is 1180. The average molecular weight is 505 g/mol. The molecule has 3 N–H and O–H groups in total. The molecule has 0 radical (unpaired) electrons. The topological polar surface area (TPSA) is 125 Å². The van der Waals surface area contributed by atoms with Crippen molar-refractivity contribution in [2.45, 2.75) is 44.0 Å². The average Bonchev–Trinajstić information content (AvgIpc) is 3.50. The van der Waals surface area contributed by atoms with Crippen LogP contribution < -0.4 is 15.4 Å². The van der Waals surface area contributed by atoms with Crippen molar-refractivity contribution in [3.63, 3.8) is 0 Å². The minimum Gasteiger partial charge on any atom is -0.337 e. The highest BCUT2D eigenvalue weighted by Gasteiger charge is 2.32. The van der Waals surface area contributed by atoms with Crippen LogP contribution in [0.2, 0.25) is 0 Å². The summed E-state index contributed by atoms with van der Waals surface area (Å²) in [6, 6.07) is 6.79. The molecular formula is C23H28N4O5S2. The Kier molecular flexibility index (Phi) is 7.22. The molecule has 2 heterocycles. The summed E-state index contributed by atoms with van der Waals surface area (Å²) >= 11 is 1.33. The minimum absolute atomic E-state index is 0.0151. The Labute approximate surface area is 203 Å². The first kappa shape index (κ1) is 24.2. The summed E-state index contributed by atoms with van der Waals surface area (Å²) in [5.74, 6) is 0.744. The van der Waals surface area contributed by atoms with Gasteiger partial charge in [0.15, 0.2) is 0 Å². The Morgan fingerprint density at radius 2 is 1.88 bits per heavy atom. The number of nitrogens with one attached hydrogen (secondary N) is 3. The predicted molar refractivity (Wildman–Crippen MR) is 128 cm³/mol. The van der Waals surface area contributed by atoms with Crippen molar-refractivity contribution in [1.29, 1.82) is 0 Å². The zero-order valence-electron chi connectivity index (χ0n) is 18.9. The zero-order valence-corrected chi connectivity index (χ0v) is 20.5. The number of hydrogen-bond acceptors (Lipinski definition) is 6. The molecule has 9 nitrogen and oxygen atoms in total. The van der Waals surface area contributed by atoms with Gasteiger partial charge in [-0.25, -0.2) is 22.7 Å². The Hall–Kier alpha value is -2.92. The summed E-state index contributed by atoms with van der Waals surface area (Å²) in [5, 5.41) is 7.21. The van der Waals surface area contributed by atoms with Gasteiger partial charge in [0.1, 0.15) is 0 Å². The zero-order chi connectivity index (χ0) is 24.3. The van der Waals surface area contributed by atoms with Gasteiger partial charge >= 0.3 is 12.1 Å². The van der Waals surface area contributed by atoms with Crippen LogP contribution in [0.1, 0.15) is 47.0 Å². The van der Waals surface area contributed by atoms with Crippen molar-refractivity contribution in [1.82, 2.24) is 20.3 Å². The summed E-state index contributed by atoms with van der Waals surface area (Å²) in [7, 11) is -3.98. The molecule has 11 heteroatoms. The maximum Gasteiger partial charge on any atom is 0.328 e. The molecule has 0 saturated heterocycles. The van der Waals surface area contributed by atoms with E-state index >= 15 is 0 Å². The van der Waals surface area contributed by atoms with E-state index in [0.29, 0.717) is 36.2 Å². The second kappa shape index (κ2) is 10.1. The second-order valence-electron chi connectivity index (χ2n) is 8.89. The number of nitrogens with zero attached hydrogens (tertiary/aromatic N) is 1. The van der Waals surface area contributed by atoms with Crippen molar-refractivity contribution >= 4 is 39.3 Å². The van der Waals surface area contributed by atoms with Crippen LogP contribution >= 0.6 is 11.3 Å². The van der Waals surface area contributed by atoms with E-state index < -0.39 is 22.1 Å². The highest BCUT2D eigenvalue weighted by Crippen LogP contribution is 2.29. The lowest BCUT2D eigenvalue weighted by Crippen LogP contribution is -2.41. The van der Waals surface area contributed by atoms with Gasteiger partial charge in [-0.3, -0.25) is 9.69 Å². The van der Waals surface area contributed by atoms with Gasteiger partial charge in [-0.1, -0.05) is 25.5 Å². The fourth-order valence-electron chi connectivity index (χ4n) is 4.39. The van der Waals surface area contributed by atoms with Crippen LogP contribution in [0.4, 0.5) is 9.59 Å². The summed E-state index contributed by atoms with van der Waals surface area (Å²) in [4.78, 5) is 38.4. The number of benzene rings is 1. The molecule has 1 aromatic heterocycles. The summed E-state index contributed by atoms with van der Waals surface area (Å²) < 4.78 is 27.0. The third-order valence-corrected chi connectivity index (χ3v) is 8.56. The van der Waals surface area contributed by atoms with Crippen LogP contribution in [0.5, 0.6) is 0 Å². The molecule has 1 aliphatic heterocycles. The Morgan fingerprint density at radius 3 is 2.56 bits per heavy atom. The standard InChI is InChI=1S/C23H28N4O5S2/c1-15-2-3-17(12-15)13-25-22(29)26-34(31,32)19-6-4-16(5-7-19)8-10-24-23(30)27-14-18-9-11-33-20(18)21(27)28/h4-7,9,11,15,17H,2-3,8,10,12-14H2,1H3,(H,24,30)(H2,25,26,29). The van der Waals surface area contributed by atoms with Crippen molar-refractivity contribution in [2.75, 3.05) is 13.1 Å². The molecule has 1 fully saturated rings. The number of imide groups is 1. The molecule has 2 aromatic rings. The van der Waals surface area contributed by atoms with E-state index in [9.17, 15) is 22.8 Å². The molecule has 2 aliphatic rings. The third-order valence-electron chi connectivity index (χ3n) is 6.27. The SMILES string of the molecule is CC1CCC(CNC(=O)NS(=O)(=O)c2ccc(CCNC(=O)N3Cc4ccsc4C3=O)cc2)C1. The van der Waals surface area contributed by atoms with E-state index in [2.05, 4.69) is 22.3 Å². The number of urea groups is 2. The maximum absolute atomic E-state index is 12.5. The number of fused-ring (bicyclic) bond motifs is 1. The summed E-state index contributed by atoms with van der Waals surface area (Å²) in [6.45, 7) is 3.21. The van der Waals surface area contributed by atoms with Crippen molar-refractivity contribution in [3.8, 4) is 0 Å². The molecule has 182 valence electrons. The van der Waals surface area contributed by atoms with Gasteiger partial charge in [0.25, 0.3) is 15.9 Å². The number of thiophene rings is 1. The number of hydrogen-bond donors (Lipinski definition) is 3. The van der Waals surface area contributed by atoms with Crippen LogP contribution in [0.15, 0.2) is 40.6 Å². The molecule has 0 bridgehead atoms. The lowest BCUT2D eigenvalue weighted by atomic mass is 10.1. The summed E-state index contributed by atoms with van der Waals surface area (Å²) in [6.07, 6.45) is 3.68. The Morgan fingerprint density at radius 1 is 1.12 bits per heavy atom. The van der Waals surface area contributed by atoms with Crippen LogP contribution in [0.25, 0.3) is 0 Å². The van der Waals surface area contributed by atoms with E-state index in [4.69, 9.17) is 0 Å². The smallest absolute Gasteiger partial charge is 0.328 e. The lowest BCUT2D eigenvalue weighted by molar-refractivity contribution is 0.0824. The quantitative estimate of drug-likeness (QED) is 0.534. The molecule has 34 heavy (non-hydrogen) atoms. The minimum atomic E-state index is -3.98. The number of sulfonamides is 1.